The lowest BCUT2D eigenvalue weighted by Gasteiger charge is -2.39. The number of benzene rings is 1. The number of hydrogen-bond acceptors (Lipinski definition) is 5. The summed E-state index contributed by atoms with van der Waals surface area (Å²) in [4.78, 5) is 4.79. The molecule has 112 valence electrons. The van der Waals surface area contributed by atoms with Crippen molar-refractivity contribution in [2.45, 2.75) is 18.5 Å². The van der Waals surface area contributed by atoms with Gasteiger partial charge in [-0.3, -0.25) is 11.3 Å². The predicted molar refractivity (Wildman–Crippen MR) is 81.6 cm³/mol. The fourth-order valence-electron chi connectivity index (χ4n) is 2.87. The molecule has 5 heteroatoms. The molecule has 0 bridgehead atoms. The van der Waals surface area contributed by atoms with E-state index in [1.54, 1.807) is 7.11 Å². The fraction of sp³-hybridized carbons (Fsp3) is 0.600. The molecule has 1 heterocycles. The van der Waals surface area contributed by atoms with Gasteiger partial charge in [-0.15, -0.1) is 0 Å². The van der Waals surface area contributed by atoms with E-state index in [0.717, 1.165) is 37.4 Å². The molecule has 0 amide bonds. The maximum Gasteiger partial charge on any atom is 0.123 e. The quantitative estimate of drug-likeness (QED) is 0.617. The molecule has 0 spiro atoms. The van der Waals surface area contributed by atoms with E-state index < -0.39 is 0 Å². The van der Waals surface area contributed by atoms with Crippen molar-refractivity contribution in [3.8, 4) is 5.75 Å². The van der Waals surface area contributed by atoms with Gasteiger partial charge in [0.1, 0.15) is 5.75 Å². The summed E-state index contributed by atoms with van der Waals surface area (Å²) in [5.41, 5.74) is 4.07. The zero-order valence-electron chi connectivity index (χ0n) is 12.7. The molecule has 2 rings (SSSR count). The van der Waals surface area contributed by atoms with Crippen LogP contribution in [-0.2, 0) is 0 Å². The molecular formula is C15H26N4O. The Balaban J connectivity index is 2.12. The SMILES string of the molecule is COc1ccccc1C(CC1CN(C)CCN1C)NN. The number of likely N-dealkylation sites (N-methyl/N-ethyl adjacent to an activating group) is 2. The van der Waals surface area contributed by atoms with Gasteiger partial charge < -0.3 is 14.5 Å². The van der Waals surface area contributed by atoms with Crippen LogP contribution in [0.5, 0.6) is 5.75 Å². The first kappa shape index (κ1) is 15.3. The fourth-order valence-corrected chi connectivity index (χ4v) is 2.87. The van der Waals surface area contributed by atoms with Crippen LogP contribution in [0.15, 0.2) is 24.3 Å². The molecule has 20 heavy (non-hydrogen) atoms. The summed E-state index contributed by atoms with van der Waals surface area (Å²) in [5, 5.41) is 0. The van der Waals surface area contributed by atoms with Crippen LogP contribution in [0, 0.1) is 0 Å². The molecule has 1 aliphatic heterocycles. The van der Waals surface area contributed by atoms with Gasteiger partial charge in [-0.1, -0.05) is 18.2 Å². The molecule has 1 saturated heterocycles. The van der Waals surface area contributed by atoms with Crippen molar-refractivity contribution >= 4 is 0 Å². The minimum Gasteiger partial charge on any atom is -0.496 e. The van der Waals surface area contributed by atoms with Crippen LogP contribution in [-0.4, -0.2) is 56.7 Å². The minimum atomic E-state index is 0.102. The van der Waals surface area contributed by atoms with Crippen LogP contribution in [0.25, 0.3) is 0 Å². The molecule has 1 fully saturated rings. The van der Waals surface area contributed by atoms with Gasteiger partial charge in [0.15, 0.2) is 0 Å². The van der Waals surface area contributed by atoms with E-state index >= 15 is 0 Å². The van der Waals surface area contributed by atoms with E-state index in [0.29, 0.717) is 6.04 Å². The average Bonchev–Trinajstić information content (AvgIpc) is 2.48. The summed E-state index contributed by atoms with van der Waals surface area (Å²) in [6.07, 6.45) is 0.970. The van der Waals surface area contributed by atoms with Crippen molar-refractivity contribution in [1.29, 1.82) is 0 Å². The number of nitrogens with two attached hydrogens (primary N) is 1. The maximum absolute atomic E-state index is 5.79. The Labute approximate surface area is 121 Å². The second-order valence-corrected chi connectivity index (χ2v) is 5.59. The lowest BCUT2D eigenvalue weighted by molar-refractivity contribution is 0.101. The molecule has 3 N–H and O–H groups in total. The van der Waals surface area contributed by atoms with Crippen LogP contribution >= 0.6 is 0 Å². The topological polar surface area (TPSA) is 53.8 Å². The molecular weight excluding hydrogens is 252 g/mol. The number of hydrazine groups is 1. The Morgan fingerprint density at radius 3 is 2.80 bits per heavy atom. The third kappa shape index (κ3) is 3.49. The number of nitrogens with one attached hydrogen (secondary N) is 1. The Hall–Kier alpha value is -1.14. The zero-order valence-corrected chi connectivity index (χ0v) is 12.7. The van der Waals surface area contributed by atoms with Crippen LogP contribution in [0.1, 0.15) is 18.0 Å². The van der Waals surface area contributed by atoms with Gasteiger partial charge in [0, 0.05) is 31.2 Å². The van der Waals surface area contributed by atoms with E-state index in [-0.39, 0.29) is 6.04 Å². The monoisotopic (exact) mass is 278 g/mol. The molecule has 2 unspecified atom stereocenters. The summed E-state index contributed by atoms with van der Waals surface area (Å²) in [6, 6.07) is 8.67. The molecule has 0 saturated carbocycles. The highest BCUT2D eigenvalue weighted by atomic mass is 16.5. The van der Waals surface area contributed by atoms with E-state index in [2.05, 4.69) is 35.4 Å². The Kier molecular flexibility index (Phi) is 5.37. The van der Waals surface area contributed by atoms with Gasteiger partial charge >= 0.3 is 0 Å². The number of piperazine rings is 1. The molecule has 1 aliphatic rings. The van der Waals surface area contributed by atoms with Crippen molar-refractivity contribution in [2.24, 2.45) is 5.84 Å². The second-order valence-electron chi connectivity index (χ2n) is 5.59. The normalized spacial score (nSPS) is 22.7. The summed E-state index contributed by atoms with van der Waals surface area (Å²) >= 11 is 0. The lowest BCUT2D eigenvalue weighted by Crippen LogP contribution is -2.51. The Bertz CT molecular complexity index is 426. The third-order valence-corrected chi connectivity index (χ3v) is 4.20. The first-order valence-electron chi connectivity index (χ1n) is 7.13. The van der Waals surface area contributed by atoms with Crippen molar-refractivity contribution in [3.63, 3.8) is 0 Å². The first-order chi connectivity index (χ1) is 9.65. The van der Waals surface area contributed by atoms with Crippen molar-refractivity contribution in [3.05, 3.63) is 29.8 Å². The average molecular weight is 278 g/mol. The number of methoxy groups -OCH3 is 1. The number of nitrogens with zero attached hydrogens (tertiary/aromatic N) is 2. The van der Waals surface area contributed by atoms with Crippen LogP contribution in [0.4, 0.5) is 0 Å². The number of hydrogen-bond donors (Lipinski definition) is 2. The molecule has 5 nitrogen and oxygen atoms in total. The summed E-state index contributed by atoms with van der Waals surface area (Å²) in [5.74, 6) is 6.68. The van der Waals surface area contributed by atoms with Gasteiger partial charge in [0.2, 0.25) is 0 Å². The summed E-state index contributed by atoms with van der Waals surface area (Å²) < 4.78 is 5.45. The van der Waals surface area contributed by atoms with Crippen molar-refractivity contribution in [1.82, 2.24) is 15.2 Å². The van der Waals surface area contributed by atoms with Crippen molar-refractivity contribution < 1.29 is 4.74 Å². The van der Waals surface area contributed by atoms with Crippen LogP contribution < -0.4 is 16.0 Å². The van der Waals surface area contributed by atoms with Crippen LogP contribution in [0.3, 0.4) is 0 Å². The van der Waals surface area contributed by atoms with Gasteiger partial charge in [-0.25, -0.2) is 0 Å². The molecule has 1 aromatic carbocycles. The molecule has 0 radical (unpaired) electrons. The van der Waals surface area contributed by atoms with Gasteiger partial charge in [-0.2, -0.15) is 0 Å². The number of ether oxygens (including phenoxy) is 1. The molecule has 2 atom stereocenters. The van der Waals surface area contributed by atoms with Gasteiger partial charge in [0.05, 0.1) is 13.2 Å². The second kappa shape index (κ2) is 7.04. The van der Waals surface area contributed by atoms with Crippen molar-refractivity contribution in [2.75, 3.05) is 40.8 Å². The van der Waals surface area contributed by atoms with E-state index in [4.69, 9.17) is 10.6 Å². The Morgan fingerprint density at radius 1 is 1.35 bits per heavy atom. The molecule has 0 aromatic heterocycles. The zero-order chi connectivity index (χ0) is 14.5. The summed E-state index contributed by atoms with van der Waals surface area (Å²) in [6.45, 7) is 3.30. The number of rotatable bonds is 5. The highest BCUT2D eigenvalue weighted by molar-refractivity contribution is 5.35. The standard InChI is InChI=1S/C15H26N4O/c1-18-8-9-19(2)12(11-18)10-14(17-16)13-6-4-5-7-15(13)20-3/h4-7,12,14,17H,8-11,16H2,1-3H3. The van der Waals surface area contributed by atoms with E-state index in [1.807, 2.05) is 18.2 Å². The lowest BCUT2D eigenvalue weighted by atomic mass is 9.97. The largest absolute Gasteiger partial charge is 0.496 e. The van der Waals surface area contributed by atoms with E-state index in [9.17, 15) is 0 Å². The van der Waals surface area contributed by atoms with E-state index in [1.165, 1.54) is 0 Å². The first-order valence-corrected chi connectivity index (χ1v) is 7.13. The minimum absolute atomic E-state index is 0.102. The van der Waals surface area contributed by atoms with Gasteiger partial charge in [-0.05, 0) is 26.6 Å². The predicted octanol–water partition coefficient (Wildman–Crippen LogP) is 0.836. The van der Waals surface area contributed by atoms with Gasteiger partial charge in [0.25, 0.3) is 0 Å². The molecule has 1 aromatic rings. The molecule has 0 aliphatic carbocycles. The number of para-hydroxylation sites is 1. The highest BCUT2D eigenvalue weighted by Crippen LogP contribution is 2.28. The highest BCUT2D eigenvalue weighted by Gasteiger charge is 2.26. The summed E-state index contributed by atoms with van der Waals surface area (Å²) in [7, 11) is 6.06. The third-order valence-electron chi connectivity index (χ3n) is 4.20. The van der Waals surface area contributed by atoms with Crippen LogP contribution in [0.2, 0.25) is 0 Å². The maximum atomic E-state index is 5.79. The Morgan fingerprint density at radius 2 is 2.10 bits per heavy atom. The smallest absolute Gasteiger partial charge is 0.123 e.